The largest absolute Gasteiger partial charge is 0.456 e. The molecule has 2 nitrogen and oxygen atoms in total. The first-order valence-corrected chi connectivity index (χ1v) is 6.58. The number of rotatable bonds is 3. The first-order chi connectivity index (χ1) is 8.97. The molecule has 1 N–H and O–H groups in total. The van der Waals surface area contributed by atoms with E-state index < -0.39 is 6.10 Å². The molecule has 0 spiro atoms. The quantitative estimate of drug-likeness (QED) is 0.872. The fraction of sp³-hybridized carbons (Fsp3) is 0.250. The zero-order valence-corrected chi connectivity index (χ0v) is 12.0. The van der Waals surface area contributed by atoms with Crippen molar-refractivity contribution in [3.63, 3.8) is 0 Å². The van der Waals surface area contributed by atoms with E-state index in [0.29, 0.717) is 10.8 Å². The normalized spacial score (nSPS) is 12.3. The molecule has 2 aromatic carbocycles. The van der Waals surface area contributed by atoms with Crippen LogP contribution < -0.4 is 4.74 Å². The van der Waals surface area contributed by atoms with Gasteiger partial charge >= 0.3 is 0 Å². The molecule has 0 unspecified atom stereocenters. The highest BCUT2D eigenvalue weighted by Crippen LogP contribution is 2.33. The van der Waals surface area contributed by atoms with Crippen molar-refractivity contribution in [2.75, 3.05) is 0 Å². The second kappa shape index (κ2) is 5.64. The first kappa shape index (κ1) is 13.9. The summed E-state index contributed by atoms with van der Waals surface area (Å²) in [5.74, 6) is 1.38. The van der Waals surface area contributed by atoms with E-state index in [1.54, 1.807) is 19.1 Å². The van der Waals surface area contributed by atoms with Crippen molar-refractivity contribution in [2.45, 2.75) is 26.9 Å². The predicted octanol–water partition coefficient (Wildman–Crippen LogP) is 4.80. The van der Waals surface area contributed by atoms with Crippen LogP contribution >= 0.6 is 11.6 Å². The molecule has 0 aliphatic heterocycles. The molecule has 1 atom stereocenters. The van der Waals surface area contributed by atoms with Crippen molar-refractivity contribution in [3.05, 3.63) is 58.1 Å². The van der Waals surface area contributed by atoms with Gasteiger partial charge in [0.05, 0.1) is 11.1 Å². The van der Waals surface area contributed by atoms with Crippen LogP contribution in [-0.4, -0.2) is 5.11 Å². The minimum atomic E-state index is -0.535. The molecule has 0 heterocycles. The fourth-order valence-electron chi connectivity index (χ4n) is 1.89. The van der Waals surface area contributed by atoms with Crippen molar-refractivity contribution < 1.29 is 9.84 Å². The SMILES string of the molecule is Cc1ccc(Oc2ccc([C@@H](C)O)cc2Cl)c(C)c1. The fourth-order valence-corrected chi connectivity index (χ4v) is 2.12. The second-order valence-electron chi connectivity index (χ2n) is 4.74. The standard InChI is InChI=1S/C16H17ClO2/c1-10-4-6-15(11(2)8-10)19-16-7-5-13(12(3)18)9-14(16)17/h4-9,12,18H,1-3H3/t12-/m1/s1. The van der Waals surface area contributed by atoms with Crippen LogP contribution in [-0.2, 0) is 0 Å². The number of aryl methyl sites for hydroxylation is 2. The minimum absolute atomic E-state index is 0.498. The molecule has 0 saturated carbocycles. The molecule has 0 aliphatic rings. The smallest absolute Gasteiger partial charge is 0.146 e. The van der Waals surface area contributed by atoms with E-state index in [2.05, 4.69) is 6.07 Å². The molecule has 0 radical (unpaired) electrons. The topological polar surface area (TPSA) is 29.5 Å². The third-order valence-corrected chi connectivity index (χ3v) is 3.28. The van der Waals surface area contributed by atoms with Crippen LogP contribution in [0.2, 0.25) is 5.02 Å². The van der Waals surface area contributed by atoms with Gasteiger partial charge in [-0.3, -0.25) is 0 Å². The Bertz CT molecular complexity index is 591. The van der Waals surface area contributed by atoms with Gasteiger partial charge in [-0.2, -0.15) is 0 Å². The second-order valence-corrected chi connectivity index (χ2v) is 5.14. The molecule has 2 rings (SSSR count). The lowest BCUT2D eigenvalue weighted by atomic mass is 10.1. The van der Waals surface area contributed by atoms with Crippen LogP contribution in [0.25, 0.3) is 0 Å². The van der Waals surface area contributed by atoms with Crippen molar-refractivity contribution in [1.29, 1.82) is 0 Å². The third-order valence-electron chi connectivity index (χ3n) is 2.99. The Morgan fingerprint density at radius 2 is 1.74 bits per heavy atom. The number of aliphatic hydroxyl groups excluding tert-OH is 1. The summed E-state index contributed by atoms with van der Waals surface area (Å²) in [5.41, 5.74) is 3.04. The average molecular weight is 277 g/mol. The maximum absolute atomic E-state index is 9.50. The summed E-state index contributed by atoms with van der Waals surface area (Å²) in [4.78, 5) is 0. The lowest BCUT2D eigenvalue weighted by molar-refractivity contribution is 0.199. The third kappa shape index (κ3) is 3.28. The summed E-state index contributed by atoms with van der Waals surface area (Å²) >= 11 is 6.17. The van der Waals surface area contributed by atoms with Crippen LogP contribution in [0.4, 0.5) is 0 Å². The van der Waals surface area contributed by atoms with E-state index in [1.165, 1.54) is 5.56 Å². The van der Waals surface area contributed by atoms with Crippen molar-refractivity contribution in [1.82, 2.24) is 0 Å². The highest BCUT2D eigenvalue weighted by molar-refractivity contribution is 6.32. The van der Waals surface area contributed by atoms with Crippen LogP contribution in [0.5, 0.6) is 11.5 Å². The Balaban J connectivity index is 2.28. The first-order valence-electron chi connectivity index (χ1n) is 6.20. The maximum Gasteiger partial charge on any atom is 0.146 e. The zero-order chi connectivity index (χ0) is 14.0. The van der Waals surface area contributed by atoms with Gasteiger partial charge < -0.3 is 9.84 Å². The molecular formula is C16H17ClO2. The van der Waals surface area contributed by atoms with Gasteiger partial charge in [-0.1, -0.05) is 35.4 Å². The van der Waals surface area contributed by atoms with E-state index in [1.807, 2.05) is 32.0 Å². The molecule has 3 heteroatoms. The van der Waals surface area contributed by atoms with E-state index >= 15 is 0 Å². The lowest BCUT2D eigenvalue weighted by Crippen LogP contribution is -1.93. The van der Waals surface area contributed by atoms with Gasteiger partial charge in [-0.25, -0.2) is 0 Å². The summed E-state index contributed by atoms with van der Waals surface area (Å²) in [6, 6.07) is 11.3. The van der Waals surface area contributed by atoms with E-state index in [9.17, 15) is 5.11 Å². The molecule has 0 saturated heterocycles. The summed E-state index contributed by atoms with van der Waals surface area (Å²) in [7, 11) is 0. The van der Waals surface area contributed by atoms with Gasteiger partial charge in [0.25, 0.3) is 0 Å². The van der Waals surface area contributed by atoms with E-state index in [0.717, 1.165) is 16.9 Å². The molecule has 19 heavy (non-hydrogen) atoms. The predicted molar refractivity (Wildman–Crippen MR) is 78.1 cm³/mol. The van der Waals surface area contributed by atoms with E-state index in [-0.39, 0.29) is 0 Å². The van der Waals surface area contributed by atoms with Gasteiger partial charge in [-0.15, -0.1) is 0 Å². The Kier molecular flexibility index (Phi) is 4.13. The van der Waals surface area contributed by atoms with Crippen molar-refractivity contribution >= 4 is 11.6 Å². The van der Waals surface area contributed by atoms with Crippen LogP contribution in [0.1, 0.15) is 29.7 Å². The van der Waals surface area contributed by atoms with Gasteiger partial charge in [0.2, 0.25) is 0 Å². The number of hydrogen-bond donors (Lipinski definition) is 1. The molecular weight excluding hydrogens is 260 g/mol. The number of halogens is 1. The Hall–Kier alpha value is -1.51. The number of aliphatic hydroxyl groups is 1. The molecule has 0 aromatic heterocycles. The zero-order valence-electron chi connectivity index (χ0n) is 11.3. The monoisotopic (exact) mass is 276 g/mol. The van der Waals surface area contributed by atoms with Crippen LogP contribution in [0.15, 0.2) is 36.4 Å². The number of benzene rings is 2. The van der Waals surface area contributed by atoms with Gasteiger partial charge in [0.1, 0.15) is 11.5 Å². The van der Waals surface area contributed by atoms with Crippen molar-refractivity contribution in [3.8, 4) is 11.5 Å². The minimum Gasteiger partial charge on any atom is -0.456 e. The molecule has 100 valence electrons. The molecule has 0 amide bonds. The highest BCUT2D eigenvalue weighted by Gasteiger charge is 2.08. The van der Waals surface area contributed by atoms with Gasteiger partial charge in [0, 0.05) is 0 Å². The van der Waals surface area contributed by atoms with Crippen molar-refractivity contribution in [2.24, 2.45) is 0 Å². The number of ether oxygens (including phenoxy) is 1. The maximum atomic E-state index is 9.50. The Morgan fingerprint density at radius 1 is 1.05 bits per heavy atom. The van der Waals surface area contributed by atoms with Crippen LogP contribution in [0, 0.1) is 13.8 Å². The van der Waals surface area contributed by atoms with Crippen LogP contribution in [0.3, 0.4) is 0 Å². The lowest BCUT2D eigenvalue weighted by Gasteiger charge is -2.12. The summed E-state index contributed by atoms with van der Waals surface area (Å²) in [6.45, 7) is 5.75. The Labute approximate surface area is 118 Å². The average Bonchev–Trinajstić information content (AvgIpc) is 2.34. The Morgan fingerprint density at radius 3 is 2.32 bits per heavy atom. The summed E-state index contributed by atoms with van der Waals surface area (Å²) in [5, 5.41) is 10.0. The van der Waals surface area contributed by atoms with E-state index in [4.69, 9.17) is 16.3 Å². The summed E-state index contributed by atoms with van der Waals surface area (Å²) in [6.07, 6.45) is -0.535. The molecule has 0 bridgehead atoms. The highest BCUT2D eigenvalue weighted by atomic mass is 35.5. The molecule has 0 fully saturated rings. The molecule has 2 aromatic rings. The molecule has 0 aliphatic carbocycles. The van der Waals surface area contributed by atoms with Gasteiger partial charge in [0.15, 0.2) is 0 Å². The summed E-state index contributed by atoms with van der Waals surface area (Å²) < 4.78 is 5.82. The number of hydrogen-bond acceptors (Lipinski definition) is 2. The van der Waals surface area contributed by atoms with Gasteiger partial charge in [-0.05, 0) is 50.1 Å².